The summed E-state index contributed by atoms with van der Waals surface area (Å²) in [6.07, 6.45) is -4.47. The Morgan fingerprint density at radius 3 is 2.73 bits per heavy atom. The number of hydrogen-bond donors (Lipinski definition) is 0. The zero-order chi connectivity index (χ0) is 16.0. The fourth-order valence-electron chi connectivity index (χ4n) is 2.68. The highest BCUT2D eigenvalue weighted by Crippen LogP contribution is 2.34. The van der Waals surface area contributed by atoms with E-state index < -0.39 is 34.2 Å². The Balaban J connectivity index is 1.64. The lowest BCUT2D eigenvalue weighted by Crippen LogP contribution is -2.35. The molecule has 0 N–H and O–H groups in total. The van der Waals surface area contributed by atoms with Gasteiger partial charge >= 0.3 is 6.18 Å². The van der Waals surface area contributed by atoms with Crippen LogP contribution in [-0.4, -0.2) is 46.8 Å². The van der Waals surface area contributed by atoms with Gasteiger partial charge in [0.05, 0.1) is 24.1 Å². The van der Waals surface area contributed by atoms with E-state index in [9.17, 15) is 21.6 Å². The van der Waals surface area contributed by atoms with E-state index in [2.05, 4.69) is 9.97 Å². The second kappa shape index (κ2) is 5.43. The Morgan fingerprint density at radius 2 is 2.09 bits per heavy atom. The summed E-state index contributed by atoms with van der Waals surface area (Å²) < 4.78 is 68.3. The molecule has 3 rings (SSSR count). The van der Waals surface area contributed by atoms with Gasteiger partial charge in [0.2, 0.25) is 10.0 Å². The molecule has 3 heterocycles. The van der Waals surface area contributed by atoms with Crippen molar-refractivity contribution in [2.24, 2.45) is 0 Å². The van der Waals surface area contributed by atoms with Gasteiger partial charge in [-0.25, -0.2) is 18.4 Å². The van der Waals surface area contributed by atoms with E-state index in [1.807, 2.05) is 0 Å². The average Bonchev–Trinajstić information content (AvgIpc) is 3.03. The van der Waals surface area contributed by atoms with Crippen LogP contribution < -0.4 is 0 Å². The van der Waals surface area contributed by atoms with Gasteiger partial charge in [0, 0.05) is 18.3 Å². The number of nitrogens with zero attached hydrogens (tertiary/aromatic N) is 3. The first-order chi connectivity index (χ1) is 10.3. The van der Waals surface area contributed by atoms with Gasteiger partial charge in [-0.1, -0.05) is 0 Å². The summed E-state index contributed by atoms with van der Waals surface area (Å²) in [5.41, 5.74) is 1.34. The molecule has 0 bridgehead atoms. The molecule has 0 radical (unpaired) electrons. The number of aromatic nitrogens is 2. The van der Waals surface area contributed by atoms with Crippen LogP contribution in [0.3, 0.4) is 0 Å². The minimum Gasteiger partial charge on any atom is -0.364 e. The Kier molecular flexibility index (Phi) is 3.86. The number of hydrogen-bond acceptors (Lipinski definition) is 5. The molecule has 0 aromatic carbocycles. The van der Waals surface area contributed by atoms with Crippen molar-refractivity contribution in [2.75, 3.05) is 5.75 Å². The number of alkyl halides is 3. The highest BCUT2D eigenvalue weighted by molar-refractivity contribution is 7.89. The molecule has 2 aliphatic heterocycles. The first-order valence-corrected chi connectivity index (χ1v) is 8.34. The largest absolute Gasteiger partial charge is 0.414 e. The van der Waals surface area contributed by atoms with Gasteiger partial charge in [0.25, 0.3) is 0 Å². The average molecular weight is 337 g/mol. The first kappa shape index (κ1) is 15.6. The first-order valence-electron chi connectivity index (χ1n) is 6.73. The van der Waals surface area contributed by atoms with Gasteiger partial charge in [-0.15, -0.1) is 0 Å². The van der Waals surface area contributed by atoms with Crippen molar-refractivity contribution < 1.29 is 26.3 Å². The van der Waals surface area contributed by atoms with Crippen molar-refractivity contribution in [1.29, 1.82) is 0 Å². The third-order valence-electron chi connectivity index (χ3n) is 3.82. The molecule has 0 aliphatic carbocycles. The van der Waals surface area contributed by atoms with Crippen LogP contribution in [0.15, 0.2) is 12.5 Å². The summed E-state index contributed by atoms with van der Waals surface area (Å²) >= 11 is 0. The fourth-order valence-corrected chi connectivity index (χ4v) is 4.26. The Labute approximate surface area is 125 Å². The predicted molar refractivity (Wildman–Crippen MR) is 69.0 cm³/mol. The maximum absolute atomic E-state index is 12.5. The lowest BCUT2D eigenvalue weighted by atomic mass is 10.2. The Bertz CT molecular complexity index is 640. The van der Waals surface area contributed by atoms with Crippen molar-refractivity contribution >= 4 is 10.0 Å². The number of ether oxygens (including phenoxy) is 1. The molecular weight excluding hydrogens is 323 g/mol. The summed E-state index contributed by atoms with van der Waals surface area (Å²) in [4.78, 5) is 7.83. The number of fused-ring (bicyclic) bond motifs is 1. The molecule has 2 aliphatic rings. The van der Waals surface area contributed by atoms with Crippen LogP contribution in [-0.2, 0) is 27.8 Å². The molecule has 0 saturated carbocycles. The summed E-state index contributed by atoms with van der Waals surface area (Å²) in [7, 11) is -3.71. The second-order valence-electron chi connectivity index (χ2n) is 5.41. The SMILES string of the molecule is O=S(=O)(CC1CCC(C(F)(F)F)O1)N1Cc2cncnc2C1. The van der Waals surface area contributed by atoms with E-state index in [-0.39, 0.29) is 25.9 Å². The molecule has 22 heavy (non-hydrogen) atoms. The number of sulfonamides is 1. The van der Waals surface area contributed by atoms with E-state index in [0.29, 0.717) is 11.3 Å². The van der Waals surface area contributed by atoms with Crippen LogP contribution in [0.25, 0.3) is 0 Å². The number of rotatable bonds is 3. The van der Waals surface area contributed by atoms with Gasteiger partial charge in [-0.3, -0.25) is 0 Å². The molecule has 0 amide bonds. The number of halogens is 3. The molecule has 122 valence electrons. The zero-order valence-corrected chi connectivity index (χ0v) is 12.3. The highest BCUT2D eigenvalue weighted by Gasteiger charge is 2.46. The smallest absolute Gasteiger partial charge is 0.364 e. The van der Waals surface area contributed by atoms with Crippen molar-refractivity contribution in [3.8, 4) is 0 Å². The van der Waals surface area contributed by atoms with Crippen molar-refractivity contribution in [2.45, 2.75) is 44.3 Å². The molecule has 6 nitrogen and oxygen atoms in total. The van der Waals surface area contributed by atoms with Crippen molar-refractivity contribution in [3.63, 3.8) is 0 Å². The molecule has 10 heteroatoms. The maximum atomic E-state index is 12.5. The standard InChI is InChI=1S/C12H14F3N3O3S/c13-12(14,15)11-2-1-9(21-11)6-22(19,20)18-4-8-3-16-7-17-10(8)5-18/h3,7,9,11H,1-2,4-6H2. The van der Waals surface area contributed by atoms with Crippen LogP contribution in [0.1, 0.15) is 24.1 Å². The zero-order valence-electron chi connectivity index (χ0n) is 11.5. The monoisotopic (exact) mass is 337 g/mol. The van der Waals surface area contributed by atoms with Crippen molar-refractivity contribution in [3.05, 3.63) is 23.8 Å². The molecule has 1 fully saturated rings. The quantitative estimate of drug-likeness (QED) is 0.830. The summed E-state index contributed by atoms with van der Waals surface area (Å²) in [6.45, 7) is 0.267. The summed E-state index contributed by atoms with van der Waals surface area (Å²) in [5, 5.41) is 0. The molecular formula is C12H14F3N3O3S. The summed E-state index contributed by atoms with van der Waals surface area (Å²) in [5.74, 6) is -0.443. The molecule has 1 aromatic rings. The van der Waals surface area contributed by atoms with Crippen LogP contribution >= 0.6 is 0 Å². The van der Waals surface area contributed by atoms with Gasteiger partial charge in [0.15, 0.2) is 6.10 Å². The molecule has 0 spiro atoms. The molecule has 2 atom stereocenters. The fraction of sp³-hybridized carbons (Fsp3) is 0.667. The van der Waals surface area contributed by atoms with Gasteiger partial charge in [-0.2, -0.15) is 17.5 Å². The lowest BCUT2D eigenvalue weighted by Gasteiger charge is -2.19. The predicted octanol–water partition coefficient (Wildman–Crippen LogP) is 1.23. The second-order valence-corrected chi connectivity index (χ2v) is 7.42. The summed E-state index contributed by atoms with van der Waals surface area (Å²) in [6, 6.07) is 0. The third-order valence-corrected chi connectivity index (χ3v) is 5.65. The molecule has 1 saturated heterocycles. The van der Waals surface area contributed by atoms with Crippen LogP contribution in [0.2, 0.25) is 0 Å². The Hall–Kier alpha value is -1.26. The van der Waals surface area contributed by atoms with Gasteiger partial charge < -0.3 is 4.74 Å². The van der Waals surface area contributed by atoms with Gasteiger partial charge in [0.1, 0.15) is 6.33 Å². The van der Waals surface area contributed by atoms with Crippen LogP contribution in [0, 0.1) is 0 Å². The van der Waals surface area contributed by atoms with Crippen LogP contribution in [0.5, 0.6) is 0 Å². The Morgan fingerprint density at radius 1 is 1.32 bits per heavy atom. The highest BCUT2D eigenvalue weighted by atomic mass is 32.2. The van der Waals surface area contributed by atoms with E-state index in [4.69, 9.17) is 4.74 Å². The van der Waals surface area contributed by atoms with E-state index in [0.717, 1.165) is 0 Å². The van der Waals surface area contributed by atoms with E-state index in [1.54, 1.807) is 6.20 Å². The molecule has 2 unspecified atom stereocenters. The van der Waals surface area contributed by atoms with Gasteiger partial charge in [-0.05, 0) is 12.8 Å². The minimum absolute atomic E-state index is 0.0873. The third kappa shape index (κ3) is 3.08. The van der Waals surface area contributed by atoms with Crippen LogP contribution in [0.4, 0.5) is 13.2 Å². The van der Waals surface area contributed by atoms with E-state index in [1.165, 1.54) is 10.6 Å². The maximum Gasteiger partial charge on any atom is 0.414 e. The van der Waals surface area contributed by atoms with Crippen molar-refractivity contribution in [1.82, 2.24) is 14.3 Å². The molecule has 1 aromatic heterocycles. The topological polar surface area (TPSA) is 72.4 Å². The minimum atomic E-state index is -4.45. The normalized spacial score (nSPS) is 26.3. The van der Waals surface area contributed by atoms with E-state index >= 15 is 0 Å². The lowest BCUT2D eigenvalue weighted by molar-refractivity contribution is -0.213.